The van der Waals surface area contributed by atoms with Crippen LogP contribution in [0.2, 0.25) is 0 Å². The molecular weight excluding hydrogens is 284 g/mol. The Balaban J connectivity index is 2.05. The second-order valence-corrected chi connectivity index (χ2v) is 7.63. The van der Waals surface area contributed by atoms with Crippen LogP contribution in [0.3, 0.4) is 0 Å². The van der Waals surface area contributed by atoms with Crippen LogP contribution < -0.4 is 5.32 Å². The third-order valence-electron chi connectivity index (χ3n) is 3.67. The Morgan fingerprint density at radius 3 is 2.86 bits per heavy atom. The average Bonchev–Trinajstić information content (AvgIpc) is 2.88. The Labute approximate surface area is 131 Å². The van der Waals surface area contributed by atoms with Crippen molar-refractivity contribution in [1.82, 2.24) is 10.2 Å². The van der Waals surface area contributed by atoms with E-state index in [1.165, 1.54) is 9.75 Å². The standard InChI is InChI=1S/C16H26N2O2S/c1-5-20-15(19)13-10-17-8-9-18(13)11-12-6-7-14(21-12)16(2,3)4/h6-7,13,17H,5,8-11H2,1-4H3. The number of carbonyl (C=O) groups is 1. The van der Waals surface area contributed by atoms with Crippen molar-refractivity contribution in [3.63, 3.8) is 0 Å². The van der Waals surface area contributed by atoms with Gasteiger partial charge in [0.2, 0.25) is 0 Å². The molecule has 0 radical (unpaired) electrons. The Bertz CT molecular complexity index is 479. The van der Waals surface area contributed by atoms with Gasteiger partial charge in [-0.15, -0.1) is 11.3 Å². The summed E-state index contributed by atoms with van der Waals surface area (Å²) < 4.78 is 5.19. The van der Waals surface area contributed by atoms with Crippen molar-refractivity contribution in [3.8, 4) is 0 Å². The predicted octanol–water partition coefficient (Wildman–Crippen LogP) is 2.38. The SMILES string of the molecule is CCOC(=O)C1CNCCN1Cc1ccc(C(C)(C)C)s1. The van der Waals surface area contributed by atoms with Gasteiger partial charge >= 0.3 is 5.97 Å². The summed E-state index contributed by atoms with van der Waals surface area (Å²) in [4.78, 5) is 17.0. The lowest BCUT2D eigenvalue weighted by Crippen LogP contribution is -2.54. The molecule has 1 aromatic heterocycles. The minimum absolute atomic E-state index is 0.114. The van der Waals surface area contributed by atoms with Gasteiger partial charge in [0, 0.05) is 35.9 Å². The molecule has 1 aliphatic heterocycles. The van der Waals surface area contributed by atoms with E-state index in [-0.39, 0.29) is 17.4 Å². The van der Waals surface area contributed by atoms with Crippen LogP contribution in [-0.4, -0.2) is 43.2 Å². The maximum Gasteiger partial charge on any atom is 0.324 e. The lowest BCUT2D eigenvalue weighted by molar-refractivity contribution is -0.150. The lowest BCUT2D eigenvalue weighted by atomic mass is 9.95. The maximum atomic E-state index is 12.1. The molecule has 1 fully saturated rings. The number of ether oxygens (including phenoxy) is 1. The van der Waals surface area contributed by atoms with Crippen molar-refractivity contribution in [1.29, 1.82) is 0 Å². The second-order valence-electron chi connectivity index (χ2n) is 6.46. The van der Waals surface area contributed by atoms with Gasteiger partial charge in [-0.3, -0.25) is 9.69 Å². The molecule has 0 spiro atoms. The fourth-order valence-corrected chi connectivity index (χ4v) is 3.56. The number of nitrogens with zero attached hydrogens (tertiary/aromatic N) is 1. The summed E-state index contributed by atoms with van der Waals surface area (Å²) in [5.41, 5.74) is 0.187. The highest BCUT2D eigenvalue weighted by atomic mass is 32.1. The van der Waals surface area contributed by atoms with E-state index in [0.29, 0.717) is 13.2 Å². The van der Waals surface area contributed by atoms with Gasteiger partial charge in [0.25, 0.3) is 0 Å². The molecule has 4 nitrogen and oxygen atoms in total. The molecule has 0 aliphatic carbocycles. The molecule has 2 heterocycles. The van der Waals surface area contributed by atoms with E-state index < -0.39 is 0 Å². The van der Waals surface area contributed by atoms with Crippen LogP contribution in [0.15, 0.2) is 12.1 Å². The van der Waals surface area contributed by atoms with Crippen molar-refractivity contribution in [2.75, 3.05) is 26.2 Å². The van der Waals surface area contributed by atoms with Crippen molar-refractivity contribution < 1.29 is 9.53 Å². The largest absolute Gasteiger partial charge is 0.465 e. The third kappa shape index (κ3) is 4.28. The zero-order valence-electron chi connectivity index (χ0n) is 13.4. The van der Waals surface area contributed by atoms with E-state index in [4.69, 9.17) is 4.74 Å². The van der Waals surface area contributed by atoms with Gasteiger partial charge in [0.1, 0.15) is 6.04 Å². The quantitative estimate of drug-likeness (QED) is 0.867. The number of rotatable bonds is 4. The minimum Gasteiger partial charge on any atom is -0.465 e. The first-order chi connectivity index (χ1) is 9.91. The number of piperazine rings is 1. The van der Waals surface area contributed by atoms with Crippen LogP contribution in [0, 0.1) is 0 Å². The van der Waals surface area contributed by atoms with Crippen LogP contribution >= 0.6 is 11.3 Å². The highest BCUT2D eigenvalue weighted by molar-refractivity contribution is 7.12. The molecule has 1 aliphatic rings. The van der Waals surface area contributed by atoms with Crippen molar-refractivity contribution in [3.05, 3.63) is 21.9 Å². The molecule has 1 atom stereocenters. The summed E-state index contributed by atoms with van der Waals surface area (Å²) >= 11 is 1.85. The van der Waals surface area contributed by atoms with E-state index in [0.717, 1.165) is 19.6 Å². The molecular formula is C16H26N2O2S. The molecule has 1 aromatic rings. The number of hydrogen-bond acceptors (Lipinski definition) is 5. The van der Waals surface area contributed by atoms with Crippen LogP contribution in [0.4, 0.5) is 0 Å². The van der Waals surface area contributed by atoms with Crippen LogP contribution in [0.1, 0.15) is 37.4 Å². The van der Waals surface area contributed by atoms with Crippen molar-refractivity contribution in [2.24, 2.45) is 0 Å². The average molecular weight is 310 g/mol. The fraction of sp³-hybridized carbons (Fsp3) is 0.688. The van der Waals surface area contributed by atoms with Crippen LogP contribution in [0.5, 0.6) is 0 Å². The molecule has 5 heteroatoms. The normalized spacial score (nSPS) is 20.5. The van der Waals surface area contributed by atoms with Gasteiger partial charge in [0.15, 0.2) is 0 Å². The third-order valence-corrected chi connectivity index (χ3v) is 5.17. The first kappa shape index (κ1) is 16.5. The molecule has 1 unspecified atom stereocenters. The number of hydrogen-bond donors (Lipinski definition) is 1. The molecule has 0 aromatic carbocycles. The van der Waals surface area contributed by atoms with E-state index in [9.17, 15) is 4.79 Å². The molecule has 1 N–H and O–H groups in total. The molecule has 118 valence electrons. The lowest BCUT2D eigenvalue weighted by Gasteiger charge is -2.34. The van der Waals surface area contributed by atoms with Gasteiger partial charge < -0.3 is 10.1 Å². The monoisotopic (exact) mass is 310 g/mol. The Morgan fingerprint density at radius 2 is 2.24 bits per heavy atom. The molecule has 21 heavy (non-hydrogen) atoms. The highest BCUT2D eigenvalue weighted by Gasteiger charge is 2.30. The summed E-state index contributed by atoms with van der Waals surface area (Å²) in [5, 5.41) is 3.28. The zero-order valence-corrected chi connectivity index (χ0v) is 14.3. The summed E-state index contributed by atoms with van der Waals surface area (Å²) in [6, 6.07) is 4.23. The first-order valence-corrected chi connectivity index (χ1v) is 8.44. The van der Waals surface area contributed by atoms with Crippen LogP contribution in [-0.2, 0) is 21.5 Å². The van der Waals surface area contributed by atoms with Gasteiger partial charge in [0.05, 0.1) is 6.61 Å². The van der Waals surface area contributed by atoms with E-state index in [2.05, 4.69) is 43.1 Å². The first-order valence-electron chi connectivity index (χ1n) is 7.62. The Morgan fingerprint density at radius 1 is 1.48 bits per heavy atom. The molecule has 0 amide bonds. The summed E-state index contributed by atoms with van der Waals surface area (Å²) in [7, 11) is 0. The summed E-state index contributed by atoms with van der Waals surface area (Å²) in [5.74, 6) is -0.114. The van der Waals surface area contributed by atoms with Gasteiger partial charge in [-0.2, -0.15) is 0 Å². The summed E-state index contributed by atoms with van der Waals surface area (Å²) in [6.07, 6.45) is 0. The van der Waals surface area contributed by atoms with E-state index in [1.807, 2.05) is 18.3 Å². The second kappa shape index (κ2) is 6.90. The number of carbonyl (C=O) groups excluding carboxylic acids is 1. The predicted molar refractivity (Wildman–Crippen MR) is 86.7 cm³/mol. The Hall–Kier alpha value is -0.910. The molecule has 0 bridgehead atoms. The van der Waals surface area contributed by atoms with Crippen LogP contribution in [0.25, 0.3) is 0 Å². The van der Waals surface area contributed by atoms with E-state index in [1.54, 1.807) is 0 Å². The smallest absolute Gasteiger partial charge is 0.324 e. The summed E-state index contributed by atoms with van der Waals surface area (Å²) in [6.45, 7) is 12.3. The zero-order chi connectivity index (χ0) is 15.5. The molecule has 2 rings (SSSR count). The molecule has 1 saturated heterocycles. The highest BCUT2D eigenvalue weighted by Crippen LogP contribution is 2.30. The number of thiophene rings is 1. The van der Waals surface area contributed by atoms with Crippen molar-refractivity contribution in [2.45, 2.75) is 45.7 Å². The number of esters is 1. The maximum absolute atomic E-state index is 12.1. The topological polar surface area (TPSA) is 41.6 Å². The van der Waals surface area contributed by atoms with E-state index >= 15 is 0 Å². The fourth-order valence-electron chi connectivity index (χ4n) is 2.47. The number of nitrogens with one attached hydrogen (secondary N) is 1. The van der Waals surface area contributed by atoms with Gasteiger partial charge in [-0.1, -0.05) is 20.8 Å². The van der Waals surface area contributed by atoms with Gasteiger partial charge in [-0.25, -0.2) is 0 Å². The van der Waals surface area contributed by atoms with Crippen molar-refractivity contribution >= 4 is 17.3 Å². The molecule has 0 saturated carbocycles. The Kier molecular flexibility index (Phi) is 5.41. The van der Waals surface area contributed by atoms with Gasteiger partial charge in [-0.05, 0) is 24.5 Å². The minimum atomic E-state index is -0.168.